The Hall–Kier alpha value is -2.70. The summed E-state index contributed by atoms with van der Waals surface area (Å²) in [5, 5.41) is 14.3. The standard InChI is InChI=1S/C13H13N3O4/c1-10-2-4-12(5-3-10)20-13(17)6-7-15-9-11(8-14-15)16(18)19/h2-5,8-9H,6-7H2,1H3. The first-order chi connectivity index (χ1) is 9.54. The first-order valence-corrected chi connectivity index (χ1v) is 5.99. The minimum atomic E-state index is -0.534. The summed E-state index contributed by atoms with van der Waals surface area (Å²) in [6.45, 7) is 2.18. The van der Waals surface area contributed by atoms with E-state index < -0.39 is 10.9 Å². The van der Waals surface area contributed by atoms with Gasteiger partial charge in [-0.15, -0.1) is 0 Å². The summed E-state index contributed by atoms with van der Waals surface area (Å²) in [7, 11) is 0. The normalized spacial score (nSPS) is 10.2. The molecule has 2 rings (SSSR count). The summed E-state index contributed by atoms with van der Waals surface area (Å²) in [5.41, 5.74) is 0.977. The van der Waals surface area contributed by atoms with Crippen molar-refractivity contribution in [3.63, 3.8) is 0 Å². The van der Waals surface area contributed by atoms with Crippen molar-refractivity contribution in [2.24, 2.45) is 0 Å². The van der Waals surface area contributed by atoms with Gasteiger partial charge in [0.1, 0.15) is 18.1 Å². The van der Waals surface area contributed by atoms with Gasteiger partial charge in [-0.2, -0.15) is 5.10 Å². The average Bonchev–Trinajstić information content (AvgIpc) is 2.88. The van der Waals surface area contributed by atoms with E-state index >= 15 is 0 Å². The second-order valence-corrected chi connectivity index (χ2v) is 4.26. The number of nitro groups is 1. The Labute approximate surface area is 114 Å². The summed E-state index contributed by atoms with van der Waals surface area (Å²) < 4.78 is 6.47. The van der Waals surface area contributed by atoms with Crippen LogP contribution in [0.15, 0.2) is 36.7 Å². The number of benzene rings is 1. The molecule has 1 aromatic heterocycles. The SMILES string of the molecule is Cc1ccc(OC(=O)CCn2cc([N+](=O)[O-])cn2)cc1. The van der Waals surface area contributed by atoms with E-state index in [0.29, 0.717) is 5.75 Å². The maximum absolute atomic E-state index is 11.6. The molecule has 0 bridgehead atoms. The number of hydrogen-bond donors (Lipinski definition) is 0. The van der Waals surface area contributed by atoms with Crippen LogP contribution in [0.1, 0.15) is 12.0 Å². The molecule has 1 aromatic carbocycles. The maximum atomic E-state index is 11.6. The van der Waals surface area contributed by atoms with Crippen LogP contribution in [0, 0.1) is 17.0 Å². The van der Waals surface area contributed by atoms with Gasteiger partial charge in [0.05, 0.1) is 17.9 Å². The second-order valence-electron chi connectivity index (χ2n) is 4.26. The van der Waals surface area contributed by atoms with Gasteiger partial charge in [0.25, 0.3) is 0 Å². The van der Waals surface area contributed by atoms with Gasteiger partial charge in [0, 0.05) is 0 Å². The number of hydrogen-bond acceptors (Lipinski definition) is 5. The maximum Gasteiger partial charge on any atom is 0.313 e. The van der Waals surface area contributed by atoms with Crippen molar-refractivity contribution in [1.29, 1.82) is 0 Å². The van der Waals surface area contributed by atoms with E-state index in [2.05, 4.69) is 5.10 Å². The molecule has 0 aliphatic carbocycles. The van der Waals surface area contributed by atoms with Crippen molar-refractivity contribution in [3.05, 3.63) is 52.3 Å². The van der Waals surface area contributed by atoms with Crippen molar-refractivity contribution >= 4 is 11.7 Å². The smallest absolute Gasteiger partial charge is 0.313 e. The van der Waals surface area contributed by atoms with Crippen LogP contribution in [-0.4, -0.2) is 20.7 Å². The zero-order valence-corrected chi connectivity index (χ0v) is 10.9. The molecule has 0 atom stereocenters. The monoisotopic (exact) mass is 275 g/mol. The van der Waals surface area contributed by atoms with E-state index in [-0.39, 0.29) is 18.7 Å². The molecule has 0 aliphatic rings. The average molecular weight is 275 g/mol. The van der Waals surface area contributed by atoms with Gasteiger partial charge in [-0.1, -0.05) is 17.7 Å². The molecule has 2 aromatic rings. The quantitative estimate of drug-likeness (QED) is 0.361. The van der Waals surface area contributed by atoms with Crippen molar-refractivity contribution < 1.29 is 14.5 Å². The Bertz CT molecular complexity index is 619. The predicted octanol–water partition coefficient (Wildman–Crippen LogP) is 2.10. The lowest BCUT2D eigenvalue weighted by atomic mass is 10.2. The molecule has 0 radical (unpaired) electrons. The molecule has 0 unspecified atom stereocenters. The van der Waals surface area contributed by atoms with Crippen LogP contribution in [0.3, 0.4) is 0 Å². The van der Waals surface area contributed by atoms with Gasteiger partial charge in [0.2, 0.25) is 0 Å². The lowest BCUT2D eigenvalue weighted by molar-refractivity contribution is -0.385. The highest BCUT2D eigenvalue weighted by atomic mass is 16.6. The molecule has 0 amide bonds. The fourth-order valence-electron chi connectivity index (χ4n) is 1.56. The van der Waals surface area contributed by atoms with E-state index in [9.17, 15) is 14.9 Å². The molecule has 20 heavy (non-hydrogen) atoms. The van der Waals surface area contributed by atoms with Gasteiger partial charge in [0.15, 0.2) is 0 Å². The number of ether oxygens (including phenoxy) is 1. The first kappa shape index (κ1) is 13.7. The van der Waals surface area contributed by atoms with Crippen molar-refractivity contribution in [2.45, 2.75) is 19.9 Å². The number of carbonyl (C=O) groups excluding carboxylic acids is 1. The number of nitrogens with zero attached hydrogens (tertiary/aromatic N) is 3. The molecule has 0 N–H and O–H groups in total. The molecule has 0 fully saturated rings. The van der Waals surface area contributed by atoms with E-state index in [0.717, 1.165) is 11.8 Å². The number of rotatable bonds is 5. The van der Waals surface area contributed by atoms with Gasteiger partial charge < -0.3 is 4.74 Å². The largest absolute Gasteiger partial charge is 0.426 e. The van der Waals surface area contributed by atoms with Crippen LogP contribution in [0.4, 0.5) is 5.69 Å². The molecule has 0 spiro atoms. The number of aryl methyl sites for hydroxylation is 2. The lowest BCUT2D eigenvalue weighted by Crippen LogP contribution is -2.12. The summed E-state index contributed by atoms with van der Waals surface area (Å²) >= 11 is 0. The lowest BCUT2D eigenvalue weighted by Gasteiger charge is -2.04. The molecule has 7 heteroatoms. The molecular formula is C13H13N3O4. The molecule has 104 valence electrons. The Balaban J connectivity index is 1.85. The van der Waals surface area contributed by atoms with Crippen LogP contribution in [0.2, 0.25) is 0 Å². The Kier molecular flexibility index (Phi) is 4.09. The fraction of sp³-hybridized carbons (Fsp3) is 0.231. The van der Waals surface area contributed by atoms with Crippen LogP contribution < -0.4 is 4.74 Å². The Morgan fingerprint density at radius 1 is 1.40 bits per heavy atom. The zero-order valence-electron chi connectivity index (χ0n) is 10.9. The third-order valence-corrected chi connectivity index (χ3v) is 2.63. The minimum absolute atomic E-state index is 0.0900. The van der Waals surface area contributed by atoms with E-state index in [4.69, 9.17) is 4.74 Å². The molecular weight excluding hydrogens is 262 g/mol. The highest BCUT2D eigenvalue weighted by molar-refractivity contribution is 5.72. The number of carbonyl (C=O) groups is 1. The molecule has 7 nitrogen and oxygen atoms in total. The fourth-order valence-corrected chi connectivity index (χ4v) is 1.56. The van der Waals surface area contributed by atoms with Crippen molar-refractivity contribution in [1.82, 2.24) is 9.78 Å². The molecule has 0 saturated carbocycles. The Morgan fingerprint density at radius 3 is 2.70 bits per heavy atom. The predicted molar refractivity (Wildman–Crippen MR) is 70.3 cm³/mol. The molecule has 0 saturated heterocycles. The highest BCUT2D eigenvalue weighted by Crippen LogP contribution is 2.13. The van der Waals surface area contributed by atoms with Gasteiger partial charge >= 0.3 is 11.7 Å². The van der Waals surface area contributed by atoms with Crippen molar-refractivity contribution in [3.8, 4) is 5.75 Å². The second kappa shape index (κ2) is 5.96. The van der Waals surface area contributed by atoms with Gasteiger partial charge in [-0.05, 0) is 19.1 Å². The third kappa shape index (κ3) is 3.64. The van der Waals surface area contributed by atoms with E-state index in [1.54, 1.807) is 12.1 Å². The number of esters is 1. The summed E-state index contributed by atoms with van der Waals surface area (Å²) in [6.07, 6.45) is 2.51. The third-order valence-electron chi connectivity index (χ3n) is 2.63. The topological polar surface area (TPSA) is 87.3 Å². The zero-order chi connectivity index (χ0) is 14.5. The minimum Gasteiger partial charge on any atom is -0.426 e. The van der Waals surface area contributed by atoms with E-state index in [1.807, 2.05) is 19.1 Å². The summed E-state index contributed by atoms with van der Waals surface area (Å²) in [4.78, 5) is 21.6. The van der Waals surface area contributed by atoms with Crippen LogP contribution >= 0.6 is 0 Å². The summed E-state index contributed by atoms with van der Waals surface area (Å²) in [6, 6.07) is 7.12. The van der Waals surface area contributed by atoms with Crippen LogP contribution in [0.25, 0.3) is 0 Å². The summed E-state index contributed by atoms with van der Waals surface area (Å²) in [5.74, 6) is 0.0686. The van der Waals surface area contributed by atoms with Crippen LogP contribution in [-0.2, 0) is 11.3 Å². The first-order valence-electron chi connectivity index (χ1n) is 5.99. The van der Waals surface area contributed by atoms with Crippen molar-refractivity contribution in [2.75, 3.05) is 0 Å². The highest BCUT2D eigenvalue weighted by Gasteiger charge is 2.10. The van der Waals surface area contributed by atoms with Gasteiger partial charge in [-0.3, -0.25) is 19.6 Å². The molecule has 0 aliphatic heterocycles. The number of aromatic nitrogens is 2. The van der Waals surface area contributed by atoms with Crippen LogP contribution in [0.5, 0.6) is 5.75 Å². The Morgan fingerprint density at radius 2 is 2.10 bits per heavy atom. The van der Waals surface area contributed by atoms with E-state index in [1.165, 1.54) is 10.9 Å². The van der Waals surface area contributed by atoms with Gasteiger partial charge in [-0.25, -0.2) is 0 Å². The molecule has 1 heterocycles.